The topological polar surface area (TPSA) is 37.3 Å². The predicted octanol–water partition coefficient (Wildman–Crippen LogP) is 2.32. The molecule has 2 heteroatoms. The maximum absolute atomic E-state index is 11.5. The van der Waals surface area contributed by atoms with E-state index in [-0.39, 0.29) is 11.7 Å². The highest BCUT2D eigenvalue weighted by Crippen LogP contribution is 2.45. The zero-order chi connectivity index (χ0) is 12.6. The molecule has 0 radical (unpaired) electrons. The van der Waals surface area contributed by atoms with Crippen LogP contribution in [-0.2, 0) is 4.79 Å². The van der Waals surface area contributed by atoms with Crippen LogP contribution < -0.4 is 0 Å². The summed E-state index contributed by atoms with van der Waals surface area (Å²) in [5, 5.41) is 10.7. The number of ketones is 1. The van der Waals surface area contributed by atoms with Gasteiger partial charge in [0.15, 0.2) is 0 Å². The fourth-order valence-corrected chi connectivity index (χ4v) is 2.35. The smallest absolute Gasteiger partial charge is 0.134 e. The van der Waals surface area contributed by atoms with E-state index in [4.69, 9.17) is 0 Å². The summed E-state index contributed by atoms with van der Waals surface area (Å²) in [6.45, 7) is 11.2. The Hall–Kier alpha value is -1.07. The van der Waals surface area contributed by atoms with Crippen molar-refractivity contribution in [2.75, 3.05) is 0 Å². The molecule has 1 aliphatic rings. The quantitative estimate of drug-likeness (QED) is 0.636. The van der Waals surface area contributed by atoms with Crippen molar-refractivity contribution in [1.29, 1.82) is 0 Å². The molecule has 0 amide bonds. The van der Waals surface area contributed by atoms with Crippen molar-refractivity contribution in [3.8, 4) is 11.8 Å². The van der Waals surface area contributed by atoms with Crippen molar-refractivity contribution in [2.24, 2.45) is 11.3 Å². The summed E-state index contributed by atoms with van der Waals surface area (Å²) in [6.07, 6.45) is 0.795. The van der Waals surface area contributed by atoms with Crippen LogP contribution in [0.25, 0.3) is 0 Å². The molecular formula is C14H20O2. The van der Waals surface area contributed by atoms with Gasteiger partial charge in [0, 0.05) is 24.2 Å². The number of aliphatic hydroxyl groups is 1. The van der Waals surface area contributed by atoms with Gasteiger partial charge in [-0.05, 0) is 12.5 Å². The fourth-order valence-electron chi connectivity index (χ4n) is 2.35. The van der Waals surface area contributed by atoms with Gasteiger partial charge in [0.1, 0.15) is 11.4 Å². The van der Waals surface area contributed by atoms with Crippen LogP contribution in [0.5, 0.6) is 0 Å². The Balaban J connectivity index is 3.13. The largest absolute Gasteiger partial charge is 0.377 e. The summed E-state index contributed by atoms with van der Waals surface area (Å²) in [6, 6.07) is 0. The molecule has 88 valence electrons. The molecule has 0 aliphatic heterocycles. The van der Waals surface area contributed by atoms with Gasteiger partial charge in [0.05, 0.1) is 0 Å². The third kappa shape index (κ3) is 2.20. The molecule has 2 atom stereocenters. The van der Waals surface area contributed by atoms with Crippen molar-refractivity contribution >= 4 is 5.78 Å². The van der Waals surface area contributed by atoms with Crippen LogP contribution in [-0.4, -0.2) is 16.5 Å². The highest BCUT2D eigenvalue weighted by Gasteiger charge is 2.51. The average Bonchev–Trinajstić information content (AvgIpc) is 2.10. The molecule has 0 spiro atoms. The van der Waals surface area contributed by atoms with Crippen molar-refractivity contribution in [3.63, 3.8) is 0 Å². The first-order valence-electron chi connectivity index (χ1n) is 5.62. The summed E-state index contributed by atoms with van der Waals surface area (Å²) in [4.78, 5) is 11.5. The van der Waals surface area contributed by atoms with E-state index in [9.17, 15) is 9.90 Å². The lowest BCUT2D eigenvalue weighted by atomic mass is 9.60. The minimum Gasteiger partial charge on any atom is -0.377 e. The van der Waals surface area contributed by atoms with Crippen LogP contribution in [0.15, 0.2) is 12.2 Å². The van der Waals surface area contributed by atoms with Crippen molar-refractivity contribution < 1.29 is 9.90 Å². The van der Waals surface area contributed by atoms with Gasteiger partial charge in [-0.15, -0.1) is 0 Å². The van der Waals surface area contributed by atoms with E-state index in [1.165, 1.54) is 0 Å². The molecule has 0 saturated heterocycles. The Morgan fingerprint density at radius 3 is 2.56 bits per heavy atom. The van der Waals surface area contributed by atoms with Gasteiger partial charge in [-0.25, -0.2) is 0 Å². The molecule has 0 aromatic heterocycles. The highest BCUT2D eigenvalue weighted by atomic mass is 16.3. The van der Waals surface area contributed by atoms with Crippen LogP contribution in [0.2, 0.25) is 0 Å². The molecule has 1 saturated carbocycles. The number of hydrogen-bond acceptors (Lipinski definition) is 2. The first-order chi connectivity index (χ1) is 7.19. The van der Waals surface area contributed by atoms with Crippen LogP contribution in [0, 0.1) is 23.2 Å². The summed E-state index contributed by atoms with van der Waals surface area (Å²) in [5.41, 5.74) is -0.863. The Kier molecular flexibility index (Phi) is 3.30. The number of rotatable bonds is 0. The zero-order valence-electron chi connectivity index (χ0n) is 10.6. The van der Waals surface area contributed by atoms with Gasteiger partial charge in [-0.1, -0.05) is 39.2 Å². The third-order valence-electron chi connectivity index (χ3n) is 3.38. The van der Waals surface area contributed by atoms with Gasteiger partial charge in [-0.3, -0.25) is 4.79 Å². The van der Waals surface area contributed by atoms with Crippen molar-refractivity contribution in [2.45, 2.75) is 46.1 Å². The molecule has 16 heavy (non-hydrogen) atoms. The lowest BCUT2D eigenvalue weighted by Gasteiger charge is -2.46. The lowest BCUT2D eigenvalue weighted by Crippen LogP contribution is -2.53. The predicted molar refractivity (Wildman–Crippen MR) is 64.7 cm³/mol. The van der Waals surface area contributed by atoms with E-state index in [0.717, 1.165) is 5.57 Å². The normalized spacial score (nSPS) is 32.8. The van der Waals surface area contributed by atoms with E-state index >= 15 is 0 Å². The van der Waals surface area contributed by atoms with Gasteiger partial charge < -0.3 is 5.11 Å². The second-order valence-electron chi connectivity index (χ2n) is 5.50. The zero-order valence-corrected chi connectivity index (χ0v) is 10.6. The standard InChI is InChI=1S/C14H20O2/c1-10(2)6-7-14(16)11(3)8-12(15)9-13(14,4)5/h11,16H,1,8-9H2,2-5H3. The summed E-state index contributed by atoms with van der Waals surface area (Å²) in [5.74, 6) is 5.84. The van der Waals surface area contributed by atoms with E-state index in [1.54, 1.807) is 0 Å². The molecule has 2 unspecified atom stereocenters. The number of carbonyl (C=O) groups is 1. The molecule has 0 aromatic carbocycles. The molecule has 0 heterocycles. The summed E-state index contributed by atoms with van der Waals surface area (Å²) < 4.78 is 0. The van der Waals surface area contributed by atoms with Crippen LogP contribution >= 0.6 is 0 Å². The van der Waals surface area contributed by atoms with E-state index in [0.29, 0.717) is 12.8 Å². The highest BCUT2D eigenvalue weighted by molar-refractivity contribution is 5.81. The Morgan fingerprint density at radius 2 is 2.12 bits per heavy atom. The second kappa shape index (κ2) is 4.07. The van der Waals surface area contributed by atoms with Crippen LogP contribution in [0.4, 0.5) is 0 Å². The first-order valence-corrected chi connectivity index (χ1v) is 5.62. The Labute approximate surface area is 97.7 Å². The second-order valence-corrected chi connectivity index (χ2v) is 5.50. The minimum absolute atomic E-state index is 0.129. The molecule has 1 N–H and O–H groups in total. The Morgan fingerprint density at radius 1 is 1.56 bits per heavy atom. The fraction of sp³-hybridized carbons (Fsp3) is 0.643. The number of carbonyl (C=O) groups excluding carboxylic acids is 1. The molecule has 0 aromatic rings. The SMILES string of the molecule is C=C(C)C#CC1(O)C(C)CC(=O)CC1(C)C. The van der Waals surface area contributed by atoms with Crippen molar-refractivity contribution in [3.05, 3.63) is 12.2 Å². The molecule has 2 nitrogen and oxygen atoms in total. The summed E-state index contributed by atoms with van der Waals surface area (Å²) in [7, 11) is 0. The van der Waals surface area contributed by atoms with E-state index in [2.05, 4.69) is 18.4 Å². The summed E-state index contributed by atoms with van der Waals surface area (Å²) >= 11 is 0. The average molecular weight is 220 g/mol. The van der Waals surface area contributed by atoms with Gasteiger partial charge in [0.25, 0.3) is 0 Å². The molecule has 1 rings (SSSR count). The maximum Gasteiger partial charge on any atom is 0.134 e. The lowest BCUT2D eigenvalue weighted by molar-refractivity contribution is -0.140. The molecular weight excluding hydrogens is 200 g/mol. The van der Waals surface area contributed by atoms with Crippen LogP contribution in [0.3, 0.4) is 0 Å². The van der Waals surface area contributed by atoms with E-state index < -0.39 is 11.0 Å². The number of hydrogen-bond donors (Lipinski definition) is 1. The number of Topliss-reactive ketones (excluding diaryl/α,β-unsaturated/α-hetero) is 1. The minimum atomic E-state index is -1.10. The van der Waals surface area contributed by atoms with Crippen molar-refractivity contribution in [1.82, 2.24) is 0 Å². The third-order valence-corrected chi connectivity index (χ3v) is 3.38. The monoisotopic (exact) mass is 220 g/mol. The molecule has 1 aliphatic carbocycles. The first kappa shape index (κ1) is 13.0. The molecule has 1 fully saturated rings. The van der Waals surface area contributed by atoms with Gasteiger partial charge >= 0.3 is 0 Å². The molecule has 0 bridgehead atoms. The number of allylic oxidation sites excluding steroid dienone is 1. The van der Waals surface area contributed by atoms with Crippen LogP contribution in [0.1, 0.15) is 40.5 Å². The van der Waals surface area contributed by atoms with E-state index in [1.807, 2.05) is 27.7 Å². The van der Waals surface area contributed by atoms with Gasteiger partial charge in [0.2, 0.25) is 0 Å². The maximum atomic E-state index is 11.5. The Bertz CT molecular complexity index is 381. The van der Waals surface area contributed by atoms with Gasteiger partial charge in [-0.2, -0.15) is 0 Å².